The molecule has 0 saturated carbocycles. The van der Waals surface area contributed by atoms with E-state index in [1.807, 2.05) is 17.5 Å². The lowest BCUT2D eigenvalue weighted by Gasteiger charge is -2.32. The van der Waals surface area contributed by atoms with Crippen LogP contribution in [0.25, 0.3) is 0 Å². The van der Waals surface area contributed by atoms with Crippen molar-refractivity contribution in [3.05, 3.63) is 16.1 Å². The third kappa shape index (κ3) is 5.48. The summed E-state index contributed by atoms with van der Waals surface area (Å²) >= 11 is 1.87. The van der Waals surface area contributed by atoms with Crippen LogP contribution in [0, 0.1) is 0 Å². The lowest BCUT2D eigenvalue weighted by molar-refractivity contribution is 0.155. The van der Waals surface area contributed by atoms with Gasteiger partial charge in [0.1, 0.15) is 0 Å². The Labute approximate surface area is 127 Å². The van der Waals surface area contributed by atoms with Crippen molar-refractivity contribution in [2.75, 3.05) is 46.3 Å². The second-order valence-corrected chi connectivity index (χ2v) is 6.85. The SMILES string of the molecule is CCCCNCc1cnc(CCN2CCN(C)CC2)s1. The van der Waals surface area contributed by atoms with E-state index in [9.17, 15) is 0 Å². The van der Waals surface area contributed by atoms with E-state index >= 15 is 0 Å². The van der Waals surface area contributed by atoms with E-state index in [-0.39, 0.29) is 0 Å². The first-order valence-electron chi connectivity index (χ1n) is 7.83. The maximum atomic E-state index is 4.56. The molecule has 1 aromatic rings. The van der Waals surface area contributed by atoms with Crippen LogP contribution in [0.2, 0.25) is 0 Å². The maximum Gasteiger partial charge on any atom is 0.0940 e. The Morgan fingerprint density at radius 2 is 2.10 bits per heavy atom. The number of nitrogens with one attached hydrogen (secondary N) is 1. The topological polar surface area (TPSA) is 31.4 Å². The van der Waals surface area contributed by atoms with Crippen LogP contribution in [0.5, 0.6) is 0 Å². The van der Waals surface area contributed by atoms with Gasteiger partial charge in [-0.3, -0.25) is 0 Å². The van der Waals surface area contributed by atoms with Crippen LogP contribution < -0.4 is 5.32 Å². The van der Waals surface area contributed by atoms with E-state index in [0.717, 1.165) is 26.1 Å². The van der Waals surface area contributed by atoms with E-state index in [1.54, 1.807) is 0 Å². The zero-order valence-electron chi connectivity index (χ0n) is 12.9. The zero-order chi connectivity index (χ0) is 14.2. The number of aromatic nitrogens is 1. The molecular formula is C15H28N4S. The molecule has 2 rings (SSSR count). The van der Waals surface area contributed by atoms with Gasteiger partial charge >= 0.3 is 0 Å². The van der Waals surface area contributed by atoms with Gasteiger partial charge in [0.2, 0.25) is 0 Å². The molecule has 0 spiro atoms. The molecule has 0 atom stereocenters. The molecule has 2 heterocycles. The van der Waals surface area contributed by atoms with Crippen molar-refractivity contribution in [2.45, 2.75) is 32.7 Å². The average molecular weight is 296 g/mol. The molecule has 0 radical (unpaired) electrons. The summed E-state index contributed by atoms with van der Waals surface area (Å²) in [7, 11) is 2.20. The highest BCUT2D eigenvalue weighted by Gasteiger charge is 2.13. The molecule has 5 heteroatoms. The Bertz CT molecular complexity index is 372. The lowest BCUT2D eigenvalue weighted by atomic mass is 10.3. The van der Waals surface area contributed by atoms with Gasteiger partial charge in [0.05, 0.1) is 5.01 Å². The summed E-state index contributed by atoms with van der Waals surface area (Å²) < 4.78 is 0. The molecule has 1 aliphatic rings. The summed E-state index contributed by atoms with van der Waals surface area (Å²) in [5, 5.41) is 4.77. The Kier molecular flexibility index (Phi) is 6.93. The highest BCUT2D eigenvalue weighted by Crippen LogP contribution is 2.14. The molecule has 20 heavy (non-hydrogen) atoms. The number of likely N-dealkylation sites (N-methyl/N-ethyl adjacent to an activating group) is 1. The van der Waals surface area contributed by atoms with Gasteiger partial charge < -0.3 is 15.1 Å². The highest BCUT2D eigenvalue weighted by molar-refractivity contribution is 7.11. The first-order valence-corrected chi connectivity index (χ1v) is 8.64. The molecule has 0 amide bonds. The van der Waals surface area contributed by atoms with Gasteiger partial charge in [0.15, 0.2) is 0 Å². The predicted octanol–water partition coefficient (Wildman–Crippen LogP) is 1.82. The van der Waals surface area contributed by atoms with Crippen LogP contribution in [0.3, 0.4) is 0 Å². The standard InChI is InChI=1S/C15H28N4S/c1-3-4-6-16-12-14-13-17-15(20-14)5-7-19-10-8-18(2)9-11-19/h13,16H,3-12H2,1-2H3. The van der Waals surface area contributed by atoms with Crippen LogP contribution in [0.1, 0.15) is 29.7 Å². The number of hydrogen-bond donors (Lipinski definition) is 1. The van der Waals surface area contributed by atoms with E-state index < -0.39 is 0 Å². The monoisotopic (exact) mass is 296 g/mol. The summed E-state index contributed by atoms with van der Waals surface area (Å²) in [5.74, 6) is 0. The molecule has 4 nitrogen and oxygen atoms in total. The maximum absolute atomic E-state index is 4.56. The molecule has 0 aromatic carbocycles. The third-order valence-electron chi connectivity index (χ3n) is 3.85. The van der Waals surface area contributed by atoms with Gasteiger partial charge in [-0.2, -0.15) is 0 Å². The van der Waals surface area contributed by atoms with Crippen molar-refractivity contribution in [2.24, 2.45) is 0 Å². The first kappa shape index (κ1) is 15.9. The number of rotatable bonds is 8. The summed E-state index contributed by atoms with van der Waals surface area (Å²) in [5.41, 5.74) is 0. The van der Waals surface area contributed by atoms with E-state index in [4.69, 9.17) is 0 Å². The largest absolute Gasteiger partial charge is 0.312 e. The molecular weight excluding hydrogens is 268 g/mol. The minimum absolute atomic E-state index is 0.978. The predicted molar refractivity (Wildman–Crippen MR) is 86.4 cm³/mol. The molecule has 1 fully saturated rings. The van der Waals surface area contributed by atoms with Crippen molar-refractivity contribution >= 4 is 11.3 Å². The summed E-state index contributed by atoms with van der Waals surface area (Å²) in [6.45, 7) is 10.3. The van der Waals surface area contributed by atoms with Crippen molar-refractivity contribution < 1.29 is 0 Å². The third-order valence-corrected chi connectivity index (χ3v) is 4.90. The summed E-state index contributed by atoms with van der Waals surface area (Å²) in [4.78, 5) is 10.9. The first-order chi connectivity index (χ1) is 9.78. The van der Waals surface area contributed by atoms with Crippen LogP contribution in [-0.2, 0) is 13.0 Å². The minimum Gasteiger partial charge on any atom is -0.312 e. The molecule has 0 aliphatic carbocycles. The lowest BCUT2D eigenvalue weighted by Crippen LogP contribution is -2.45. The average Bonchev–Trinajstić information content (AvgIpc) is 2.91. The van der Waals surface area contributed by atoms with Crippen LogP contribution in [0.4, 0.5) is 0 Å². The van der Waals surface area contributed by atoms with Crippen molar-refractivity contribution in [1.29, 1.82) is 0 Å². The van der Waals surface area contributed by atoms with Gasteiger partial charge in [-0.15, -0.1) is 11.3 Å². The van der Waals surface area contributed by atoms with E-state index in [2.05, 4.69) is 34.1 Å². The molecule has 1 aromatic heterocycles. The summed E-state index contributed by atoms with van der Waals surface area (Å²) in [6.07, 6.45) is 5.66. The number of nitrogens with zero attached hydrogens (tertiary/aromatic N) is 3. The number of unbranched alkanes of at least 4 members (excludes halogenated alkanes) is 1. The normalized spacial score (nSPS) is 17.7. The van der Waals surface area contributed by atoms with Crippen LogP contribution in [-0.4, -0.2) is 61.1 Å². The van der Waals surface area contributed by atoms with Gasteiger partial charge in [0, 0.05) is 56.8 Å². The molecule has 0 bridgehead atoms. The minimum atomic E-state index is 0.978. The van der Waals surface area contributed by atoms with Crippen molar-refractivity contribution in [3.63, 3.8) is 0 Å². The summed E-state index contributed by atoms with van der Waals surface area (Å²) in [6, 6.07) is 0. The van der Waals surface area contributed by atoms with Gasteiger partial charge in [-0.05, 0) is 20.0 Å². The second-order valence-electron chi connectivity index (χ2n) is 5.65. The Hall–Kier alpha value is -0.490. The van der Waals surface area contributed by atoms with Crippen molar-refractivity contribution in [1.82, 2.24) is 20.1 Å². The fourth-order valence-corrected chi connectivity index (χ4v) is 3.26. The zero-order valence-corrected chi connectivity index (χ0v) is 13.7. The smallest absolute Gasteiger partial charge is 0.0940 e. The van der Waals surface area contributed by atoms with Gasteiger partial charge in [-0.1, -0.05) is 13.3 Å². The van der Waals surface area contributed by atoms with E-state index in [1.165, 1.54) is 48.9 Å². The van der Waals surface area contributed by atoms with E-state index in [0.29, 0.717) is 0 Å². The molecule has 114 valence electrons. The Morgan fingerprint density at radius 1 is 1.30 bits per heavy atom. The molecule has 1 N–H and O–H groups in total. The number of hydrogen-bond acceptors (Lipinski definition) is 5. The fraction of sp³-hybridized carbons (Fsp3) is 0.800. The Balaban J connectivity index is 1.65. The molecule has 0 unspecified atom stereocenters. The van der Waals surface area contributed by atoms with Crippen LogP contribution in [0.15, 0.2) is 6.20 Å². The second kappa shape index (κ2) is 8.72. The Morgan fingerprint density at radius 3 is 2.85 bits per heavy atom. The van der Waals surface area contributed by atoms with Gasteiger partial charge in [-0.25, -0.2) is 4.98 Å². The number of piperazine rings is 1. The highest BCUT2D eigenvalue weighted by atomic mass is 32.1. The quantitative estimate of drug-likeness (QED) is 0.742. The van der Waals surface area contributed by atoms with Crippen LogP contribution >= 0.6 is 11.3 Å². The van der Waals surface area contributed by atoms with Crippen molar-refractivity contribution in [3.8, 4) is 0 Å². The molecule has 1 saturated heterocycles. The fourth-order valence-electron chi connectivity index (χ4n) is 2.38. The van der Waals surface area contributed by atoms with Gasteiger partial charge in [0.25, 0.3) is 0 Å². The molecule has 1 aliphatic heterocycles. The number of thiazole rings is 1.